The Morgan fingerprint density at radius 3 is 2.64 bits per heavy atom. The normalized spacial score (nSPS) is 16.6. The first-order chi connectivity index (χ1) is 12.2. The Balaban J connectivity index is 1.55. The van der Waals surface area contributed by atoms with Gasteiger partial charge in [-0.1, -0.05) is 29.3 Å². The van der Waals surface area contributed by atoms with Crippen molar-refractivity contribution in [2.45, 2.75) is 12.8 Å². The van der Waals surface area contributed by atoms with Crippen molar-refractivity contribution in [1.29, 1.82) is 0 Å². The smallest absolute Gasteiger partial charge is 0.167 e. The van der Waals surface area contributed by atoms with Gasteiger partial charge >= 0.3 is 0 Å². The first-order valence-corrected chi connectivity index (χ1v) is 8.83. The van der Waals surface area contributed by atoms with Crippen LogP contribution in [-0.4, -0.2) is 48.6 Å². The highest BCUT2D eigenvalue weighted by atomic mass is 35.5. The lowest BCUT2D eigenvalue weighted by atomic mass is 10.2. The van der Waals surface area contributed by atoms with E-state index in [1.54, 1.807) is 18.5 Å². The molecule has 1 aromatic carbocycles. The van der Waals surface area contributed by atoms with Crippen LogP contribution in [0, 0.1) is 0 Å². The Hall–Kier alpha value is -1.66. The van der Waals surface area contributed by atoms with Crippen molar-refractivity contribution < 1.29 is 9.53 Å². The molecular weight excluding hydrogens is 361 g/mol. The summed E-state index contributed by atoms with van der Waals surface area (Å²) in [6.45, 7) is 3.33. The molecule has 2 heterocycles. The van der Waals surface area contributed by atoms with E-state index in [-0.39, 0.29) is 0 Å². The maximum absolute atomic E-state index is 11.4. The lowest BCUT2D eigenvalue weighted by Crippen LogP contribution is -2.51. The van der Waals surface area contributed by atoms with Crippen LogP contribution in [0.25, 0.3) is 0 Å². The summed E-state index contributed by atoms with van der Waals surface area (Å²) in [5.41, 5.74) is 1.91. The van der Waals surface area contributed by atoms with Crippen LogP contribution in [0.3, 0.4) is 0 Å². The van der Waals surface area contributed by atoms with Crippen LogP contribution >= 0.6 is 23.2 Å². The lowest BCUT2D eigenvalue weighted by molar-refractivity contribution is -0.133. The SMILES string of the molecule is O=CC(OCc1cccnc1)N1CCN(c2ccc(Cl)cc2Cl)CC1. The highest BCUT2D eigenvalue weighted by Crippen LogP contribution is 2.29. The highest BCUT2D eigenvalue weighted by Gasteiger charge is 2.25. The second kappa shape index (κ2) is 8.63. The number of rotatable bonds is 6. The number of anilines is 1. The molecule has 1 fully saturated rings. The molecular formula is C18H19Cl2N3O2. The van der Waals surface area contributed by atoms with E-state index in [1.165, 1.54) is 0 Å². The molecule has 3 rings (SSSR count). The summed E-state index contributed by atoms with van der Waals surface area (Å²) < 4.78 is 5.75. The molecule has 1 aliphatic heterocycles. The zero-order valence-electron chi connectivity index (χ0n) is 13.6. The van der Waals surface area contributed by atoms with Crippen molar-refractivity contribution >= 4 is 35.2 Å². The first kappa shape index (κ1) is 18.1. The molecule has 1 unspecified atom stereocenters. The van der Waals surface area contributed by atoms with Crippen molar-refractivity contribution in [3.05, 3.63) is 58.3 Å². The number of carbonyl (C=O) groups excluding carboxylic acids is 1. The van der Waals surface area contributed by atoms with Gasteiger partial charge in [-0.05, 0) is 29.8 Å². The molecule has 1 atom stereocenters. The summed E-state index contributed by atoms with van der Waals surface area (Å²) in [5, 5.41) is 1.26. The molecule has 0 N–H and O–H groups in total. The highest BCUT2D eigenvalue weighted by molar-refractivity contribution is 6.36. The van der Waals surface area contributed by atoms with Gasteiger partial charge in [-0.15, -0.1) is 0 Å². The van der Waals surface area contributed by atoms with E-state index in [0.717, 1.165) is 43.7 Å². The summed E-state index contributed by atoms with van der Waals surface area (Å²) in [4.78, 5) is 19.7. The van der Waals surface area contributed by atoms with E-state index in [1.807, 2.05) is 29.2 Å². The molecule has 5 nitrogen and oxygen atoms in total. The number of carbonyl (C=O) groups is 1. The minimum Gasteiger partial charge on any atom is -0.368 e. The Morgan fingerprint density at radius 2 is 2.00 bits per heavy atom. The van der Waals surface area contributed by atoms with Crippen LogP contribution in [0.2, 0.25) is 10.0 Å². The summed E-state index contributed by atoms with van der Waals surface area (Å²) >= 11 is 12.2. The van der Waals surface area contributed by atoms with Crippen LogP contribution in [-0.2, 0) is 16.1 Å². The molecule has 0 saturated carbocycles. The number of hydrogen-bond acceptors (Lipinski definition) is 5. The van der Waals surface area contributed by atoms with Gasteiger partial charge in [-0.2, -0.15) is 0 Å². The topological polar surface area (TPSA) is 45.7 Å². The number of aromatic nitrogens is 1. The average Bonchev–Trinajstić information content (AvgIpc) is 2.64. The fraction of sp³-hybridized carbons (Fsp3) is 0.333. The predicted molar refractivity (Wildman–Crippen MR) is 99.1 cm³/mol. The van der Waals surface area contributed by atoms with Gasteiger partial charge in [0.25, 0.3) is 0 Å². The van der Waals surface area contributed by atoms with E-state index in [9.17, 15) is 4.79 Å². The summed E-state index contributed by atoms with van der Waals surface area (Å²) in [6.07, 6.45) is 3.74. The molecule has 0 spiro atoms. The molecule has 0 amide bonds. The zero-order valence-corrected chi connectivity index (χ0v) is 15.2. The summed E-state index contributed by atoms with van der Waals surface area (Å²) in [5.74, 6) is 0. The van der Waals surface area contributed by atoms with E-state index >= 15 is 0 Å². The third-order valence-corrected chi connectivity index (χ3v) is 4.72. The third kappa shape index (κ3) is 4.70. The Kier molecular flexibility index (Phi) is 6.26. The number of aldehydes is 1. The minimum absolute atomic E-state index is 0.362. The fourth-order valence-electron chi connectivity index (χ4n) is 2.85. The van der Waals surface area contributed by atoms with Gasteiger partial charge in [-0.25, -0.2) is 0 Å². The Morgan fingerprint density at radius 1 is 1.20 bits per heavy atom. The molecule has 0 aliphatic carbocycles. The van der Waals surface area contributed by atoms with Gasteiger partial charge in [0.05, 0.1) is 17.3 Å². The molecule has 1 aromatic heterocycles. The lowest BCUT2D eigenvalue weighted by Gasteiger charge is -2.38. The predicted octanol–water partition coefficient (Wildman–Crippen LogP) is 3.25. The van der Waals surface area contributed by atoms with Crippen LogP contribution in [0.1, 0.15) is 5.56 Å². The minimum atomic E-state index is -0.553. The largest absolute Gasteiger partial charge is 0.368 e. The molecule has 1 saturated heterocycles. The van der Waals surface area contributed by atoms with E-state index in [0.29, 0.717) is 16.7 Å². The standard InChI is InChI=1S/C18H19Cl2N3O2/c19-15-3-4-17(16(20)10-15)22-6-8-23(9-7-22)18(12-24)25-13-14-2-1-5-21-11-14/h1-5,10-12,18H,6-9,13H2. The van der Waals surface area contributed by atoms with Crippen molar-refractivity contribution in [1.82, 2.24) is 9.88 Å². The van der Waals surface area contributed by atoms with Crippen LogP contribution in [0.15, 0.2) is 42.7 Å². The molecule has 7 heteroatoms. The fourth-order valence-corrected chi connectivity index (χ4v) is 3.38. The monoisotopic (exact) mass is 379 g/mol. The number of hydrogen-bond donors (Lipinski definition) is 0. The van der Waals surface area contributed by atoms with Crippen LogP contribution in [0.5, 0.6) is 0 Å². The third-order valence-electron chi connectivity index (χ3n) is 4.18. The van der Waals surface area contributed by atoms with Crippen molar-refractivity contribution in [3.63, 3.8) is 0 Å². The van der Waals surface area contributed by atoms with Gasteiger partial charge in [-0.3, -0.25) is 14.7 Å². The van der Waals surface area contributed by atoms with E-state index in [4.69, 9.17) is 27.9 Å². The van der Waals surface area contributed by atoms with Crippen LogP contribution in [0.4, 0.5) is 5.69 Å². The number of benzene rings is 1. The van der Waals surface area contributed by atoms with Gasteiger partial charge in [0, 0.05) is 43.6 Å². The van der Waals surface area contributed by atoms with Crippen molar-refractivity contribution in [2.75, 3.05) is 31.1 Å². The number of nitrogens with zero attached hydrogens (tertiary/aromatic N) is 3. The average molecular weight is 380 g/mol. The van der Waals surface area contributed by atoms with Crippen molar-refractivity contribution in [3.8, 4) is 0 Å². The molecule has 0 radical (unpaired) electrons. The molecule has 1 aliphatic rings. The van der Waals surface area contributed by atoms with Gasteiger partial charge in [0.2, 0.25) is 0 Å². The van der Waals surface area contributed by atoms with Gasteiger partial charge in [0.15, 0.2) is 12.5 Å². The second-order valence-electron chi connectivity index (χ2n) is 5.82. The van der Waals surface area contributed by atoms with Gasteiger partial charge in [0.1, 0.15) is 0 Å². The van der Waals surface area contributed by atoms with Gasteiger partial charge < -0.3 is 9.64 Å². The molecule has 0 bridgehead atoms. The first-order valence-electron chi connectivity index (χ1n) is 8.07. The number of pyridine rings is 1. The Labute approximate surface area is 157 Å². The number of piperazine rings is 1. The summed E-state index contributed by atoms with van der Waals surface area (Å²) in [7, 11) is 0. The molecule has 25 heavy (non-hydrogen) atoms. The molecule has 2 aromatic rings. The van der Waals surface area contributed by atoms with E-state index in [2.05, 4.69) is 9.88 Å². The maximum atomic E-state index is 11.4. The number of ether oxygens (including phenoxy) is 1. The zero-order chi connectivity index (χ0) is 17.6. The van der Waals surface area contributed by atoms with Crippen molar-refractivity contribution in [2.24, 2.45) is 0 Å². The quantitative estimate of drug-likeness (QED) is 0.720. The maximum Gasteiger partial charge on any atom is 0.167 e. The summed E-state index contributed by atoms with van der Waals surface area (Å²) in [6, 6.07) is 9.28. The Bertz CT molecular complexity index is 707. The van der Waals surface area contributed by atoms with E-state index < -0.39 is 6.23 Å². The second-order valence-corrected chi connectivity index (χ2v) is 6.66. The number of halogens is 2. The van der Waals surface area contributed by atoms with Crippen LogP contribution < -0.4 is 4.90 Å². The molecule has 132 valence electrons.